The van der Waals surface area contributed by atoms with Crippen LogP contribution in [0.2, 0.25) is 0 Å². The van der Waals surface area contributed by atoms with Crippen molar-refractivity contribution in [2.75, 3.05) is 19.8 Å². The Bertz CT molecular complexity index is 129. The Morgan fingerprint density at radius 1 is 1.67 bits per heavy atom. The van der Waals surface area contributed by atoms with Gasteiger partial charge in [-0.2, -0.15) is 0 Å². The van der Waals surface area contributed by atoms with Crippen molar-refractivity contribution in [2.45, 2.75) is 19.4 Å². The summed E-state index contributed by atoms with van der Waals surface area (Å²) in [5, 5.41) is 19.6. The second-order valence-electron chi connectivity index (χ2n) is 2.36. The van der Waals surface area contributed by atoms with Gasteiger partial charge in [0, 0.05) is 6.54 Å². The first-order valence-electron chi connectivity index (χ1n) is 3.90. The summed E-state index contributed by atoms with van der Waals surface area (Å²) in [5.74, 6) is 0. The summed E-state index contributed by atoms with van der Waals surface area (Å²) in [5.41, 5.74) is 0. The van der Waals surface area contributed by atoms with E-state index in [1.165, 1.54) is 0 Å². The van der Waals surface area contributed by atoms with Gasteiger partial charge in [0.05, 0.1) is 6.61 Å². The van der Waals surface area contributed by atoms with Gasteiger partial charge >= 0.3 is 6.09 Å². The zero-order valence-corrected chi connectivity index (χ0v) is 7.12. The van der Waals surface area contributed by atoms with E-state index in [9.17, 15) is 4.79 Å². The van der Waals surface area contributed by atoms with Crippen LogP contribution in [-0.4, -0.2) is 42.2 Å². The van der Waals surface area contributed by atoms with Crippen molar-refractivity contribution in [1.29, 1.82) is 0 Å². The largest absolute Gasteiger partial charge is 0.447 e. The lowest BCUT2D eigenvalue weighted by Gasteiger charge is -2.08. The number of carbonyl (C=O) groups excluding carboxylic acids is 1. The van der Waals surface area contributed by atoms with E-state index in [2.05, 4.69) is 10.1 Å². The van der Waals surface area contributed by atoms with Gasteiger partial charge in [0.25, 0.3) is 0 Å². The molecule has 0 bridgehead atoms. The summed E-state index contributed by atoms with van der Waals surface area (Å²) in [6.07, 6.45) is -0.723. The molecule has 5 nitrogen and oxygen atoms in total. The number of hydrogen-bond donors (Lipinski definition) is 3. The van der Waals surface area contributed by atoms with Crippen LogP contribution in [0.4, 0.5) is 4.79 Å². The van der Waals surface area contributed by atoms with Gasteiger partial charge in [-0.05, 0) is 6.42 Å². The second kappa shape index (κ2) is 6.87. The Balaban J connectivity index is 3.31. The maximum atomic E-state index is 10.7. The third-order valence-corrected chi connectivity index (χ3v) is 1.14. The zero-order chi connectivity index (χ0) is 9.40. The average molecular weight is 177 g/mol. The lowest BCUT2D eigenvalue weighted by Crippen LogP contribution is -2.29. The molecule has 0 saturated heterocycles. The van der Waals surface area contributed by atoms with Crippen LogP contribution in [0.25, 0.3) is 0 Å². The van der Waals surface area contributed by atoms with Crippen molar-refractivity contribution in [3.05, 3.63) is 0 Å². The topological polar surface area (TPSA) is 78.8 Å². The molecule has 1 atom stereocenters. The molecular weight excluding hydrogens is 162 g/mol. The summed E-state index contributed by atoms with van der Waals surface area (Å²) in [6.45, 7) is 1.89. The average Bonchev–Trinajstić information content (AvgIpc) is 2.10. The zero-order valence-electron chi connectivity index (χ0n) is 7.12. The minimum absolute atomic E-state index is 0.175. The molecular formula is C7H15NO4. The van der Waals surface area contributed by atoms with Crippen LogP contribution in [0.15, 0.2) is 0 Å². The van der Waals surface area contributed by atoms with Gasteiger partial charge in [0.1, 0.15) is 12.7 Å². The molecule has 5 heteroatoms. The number of amides is 1. The van der Waals surface area contributed by atoms with E-state index in [0.717, 1.165) is 6.42 Å². The summed E-state index contributed by atoms with van der Waals surface area (Å²) < 4.78 is 4.54. The van der Waals surface area contributed by atoms with Crippen LogP contribution in [0.5, 0.6) is 0 Å². The Labute approximate surface area is 71.3 Å². The van der Waals surface area contributed by atoms with E-state index in [4.69, 9.17) is 10.2 Å². The molecule has 12 heavy (non-hydrogen) atoms. The minimum Gasteiger partial charge on any atom is -0.447 e. The molecule has 72 valence electrons. The molecule has 0 fully saturated rings. The predicted molar refractivity (Wildman–Crippen MR) is 42.7 cm³/mol. The maximum Gasteiger partial charge on any atom is 0.407 e. The maximum absolute atomic E-state index is 10.7. The molecule has 0 radical (unpaired) electrons. The van der Waals surface area contributed by atoms with Gasteiger partial charge in [0.2, 0.25) is 0 Å². The standard InChI is InChI=1S/C7H15NO4/c1-2-3-8-7(11)12-5-6(10)4-9/h6,9-10H,2-5H2,1H3,(H,8,11). The van der Waals surface area contributed by atoms with Gasteiger partial charge < -0.3 is 20.3 Å². The fraction of sp³-hybridized carbons (Fsp3) is 0.857. The number of alkyl carbamates (subject to hydrolysis) is 1. The monoisotopic (exact) mass is 177 g/mol. The number of ether oxygens (including phenoxy) is 1. The normalized spacial score (nSPS) is 12.2. The molecule has 0 aliphatic heterocycles. The lowest BCUT2D eigenvalue weighted by atomic mass is 10.4. The summed E-state index contributed by atoms with van der Waals surface area (Å²) in [4.78, 5) is 10.7. The SMILES string of the molecule is CCCNC(=O)OCC(O)CO. The number of hydrogen-bond acceptors (Lipinski definition) is 4. The first-order chi connectivity index (χ1) is 5.70. The van der Waals surface area contributed by atoms with Gasteiger partial charge in [0.15, 0.2) is 0 Å². The molecule has 0 aromatic carbocycles. The molecule has 3 N–H and O–H groups in total. The van der Waals surface area contributed by atoms with Crippen LogP contribution in [0.1, 0.15) is 13.3 Å². The highest BCUT2D eigenvalue weighted by Gasteiger charge is 2.05. The van der Waals surface area contributed by atoms with E-state index in [0.29, 0.717) is 6.54 Å². The van der Waals surface area contributed by atoms with Gasteiger partial charge in [-0.15, -0.1) is 0 Å². The van der Waals surface area contributed by atoms with Gasteiger partial charge in [-0.3, -0.25) is 0 Å². The summed E-state index contributed by atoms with van der Waals surface area (Å²) in [7, 11) is 0. The van der Waals surface area contributed by atoms with Crippen molar-refractivity contribution in [3.63, 3.8) is 0 Å². The van der Waals surface area contributed by atoms with E-state index in [-0.39, 0.29) is 6.61 Å². The van der Waals surface area contributed by atoms with E-state index >= 15 is 0 Å². The number of aliphatic hydroxyl groups is 2. The first kappa shape index (κ1) is 11.2. The molecule has 1 unspecified atom stereocenters. The van der Waals surface area contributed by atoms with Crippen LogP contribution < -0.4 is 5.32 Å². The quantitative estimate of drug-likeness (QED) is 0.527. The molecule has 0 heterocycles. The van der Waals surface area contributed by atoms with Crippen LogP contribution in [0.3, 0.4) is 0 Å². The van der Waals surface area contributed by atoms with Crippen molar-refractivity contribution in [1.82, 2.24) is 5.32 Å². The number of aliphatic hydroxyl groups excluding tert-OH is 2. The highest BCUT2D eigenvalue weighted by atomic mass is 16.6. The van der Waals surface area contributed by atoms with Crippen molar-refractivity contribution in [3.8, 4) is 0 Å². The van der Waals surface area contributed by atoms with E-state index in [1.54, 1.807) is 0 Å². The second-order valence-corrected chi connectivity index (χ2v) is 2.36. The van der Waals surface area contributed by atoms with Crippen molar-refractivity contribution < 1.29 is 19.7 Å². The Morgan fingerprint density at radius 2 is 2.33 bits per heavy atom. The number of rotatable bonds is 5. The van der Waals surface area contributed by atoms with Crippen LogP contribution >= 0.6 is 0 Å². The molecule has 0 spiro atoms. The molecule has 0 aliphatic rings. The third-order valence-electron chi connectivity index (χ3n) is 1.14. The fourth-order valence-corrected chi connectivity index (χ4v) is 0.503. The summed E-state index contributed by atoms with van der Waals surface area (Å²) >= 11 is 0. The fourth-order valence-electron chi connectivity index (χ4n) is 0.503. The molecule has 0 rings (SSSR count). The number of carbonyl (C=O) groups is 1. The van der Waals surface area contributed by atoms with E-state index < -0.39 is 18.8 Å². The van der Waals surface area contributed by atoms with Gasteiger partial charge in [-0.1, -0.05) is 6.92 Å². The molecule has 0 aliphatic carbocycles. The Morgan fingerprint density at radius 3 is 2.83 bits per heavy atom. The molecule has 0 aromatic heterocycles. The smallest absolute Gasteiger partial charge is 0.407 e. The Kier molecular flexibility index (Phi) is 6.41. The first-order valence-corrected chi connectivity index (χ1v) is 3.90. The lowest BCUT2D eigenvalue weighted by molar-refractivity contribution is 0.0322. The van der Waals surface area contributed by atoms with Crippen molar-refractivity contribution >= 4 is 6.09 Å². The molecule has 0 saturated carbocycles. The van der Waals surface area contributed by atoms with E-state index in [1.807, 2.05) is 6.92 Å². The molecule has 1 amide bonds. The third kappa shape index (κ3) is 5.94. The van der Waals surface area contributed by atoms with Crippen LogP contribution in [-0.2, 0) is 4.74 Å². The highest BCUT2D eigenvalue weighted by Crippen LogP contribution is 1.84. The van der Waals surface area contributed by atoms with Crippen molar-refractivity contribution in [2.24, 2.45) is 0 Å². The predicted octanol–water partition coefficient (Wildman–Crippen LogP) is -0.524. The Hall–Kier alpha value is -0.810. The number of nitrogens with one attached hydrogen (secondary N) is 1. The minimum atomic E-state index is -0.989. The van der Waals surface area contributed by atoms with Crippen LogP contribution in [0, 0.1) is 0 Å². The highest BCUT2D eigenvalue weighted by molar-refractivity contribution is 5.66. The van der Waals surface area contributed by atoms with Gasteiger partial charge in [-0.25, -0.2) is 4.79 Å². The molecule has 0 aromatic rings. The summed E-state index contributed by atoms with van der Waals surface area (Å²) in [6, 6.07) is 0.